The van der Waals surface area contributed by atoms with Gasteiger partial charge in [0, 0.05) is 12.1 Å². The molecule has 0 spiro atoms. The van der Waals surface area contributed by atoms with E-state index in [1.807, 2.05) is 0 Å². The molecule has 1 amide bonds. The van der Waals surface area contributed by atoms with Crippen LogP contribution in [0.25, 0.3) is 0 Å². The molecule has 0 saturated carbocycles. The number of nitrogens with zero attached hydrogens (tertiary/aromatic N) is 3. The van der Waals surface area contributed by atoms with Crippen LogP contribution < -0.4 is 9.73 Å². The van der Waals surface area contributed by atoms with Crippen molar-refractivity contribution in [3.8, 4) is 0 Å². The first kappa shape index (κ1) is 22.6. The normalized spacial score (nSPS) is 11.3. The highest BCUT2D eigenvalue weighted by molar-refractivity contribution is 7.92. The Balaban J connectivity index is 1.78. The molecule has 11 heteroatoms. The third-order valence-electron chi connectivity index (χ3n) is 4.24. The van der Waals surface area contributed by atoms with E-state index in [1.165, 1.54) is 54.7 Å². The van der Waals surface area contributed by atoms with Crippen LogP contribution in [0.4, 0.5) is 15.8 Å². The topological polar surface area (TPSA) is 122 Å². The molecule has 9 nitrogen and oxygen atoms in total. The lowest BCUT2D eigenvalue weighted by Gasteiger charge is -2.23. The summed E-state index contributed by atoms with van der Waals surface area (Å²) < 4.78 is 40.4. The summed E-state index contributed by atoms with van der Waals surface area (Å²) in [4.78, 5) is 22.5. The zero-order valence-electron chi connectivity index (χ0n) is 16.5. The number of hydrogen-bond acceptors (Lipinski definition) is 6. The van der Waals surface area contributed by atoms with Gasteiger partial charge in [-0.1, -0.05) is 18.2 Å². The summed E-state index contributed by atoms with van der Waals surface area (Å²) in [6.07, 6.45) is 1.26. The van der Waals surface area contributed by atoms with E-state index < -0.39 is 33.2 Å². The zero-order chi connectivity index (χ0) is 23.1. The first-order chi connectivity index (χ1) is 15.3. The van der Waals surface area contributed by atoms with Gasteiger partial charge in [-0.15, -0.1) is 0 Å². The van der Waals surface area contributed by atoms with Crippen molar-refractivity contribution in [3.63, 3.8) is 0 Å². The van der Waals surface area contributed by atoms with Crippen molar-refractivity contribution >= 4 is 33.5 Å². The number of benzene rings is 3. The van der Waals surface area contributed by atoms with E-state index in [0.717, 1.165) is 16.4 Å². The van der Waals surface area contributed by atoms with Gasteiger partial charge in [-0.2, -0.15) is 5.10 Å². The Morgan fingerprint density at radius 2 is 1.66 bits per heavy atom. The molecule has 0 unspecified atom stereocenters. The molecular weight excluding hydrogens is 439 g/mol. The molecule has 32 heavy (non-hydrogen) atoms. The summed E-state index contributed by atoms with van der Waals surface area (Å²) in [5.74, 6) is -1.30. The Kier molecular flexibility index (Phi) is 6.90. The smallest absolute Gasteiger partial charge is 0.269 e. The number of halogens is 1. The number of carbonyl (C=O) groups excluding carboxylic acids is 1. The Labute approximate surface area is 183 Å². The van der Waals surface area contributed by atoms with Gasteiger partial charge in [0.25, 0.3) is 21.6 Å². The highest BCUT2D eigenvalue weighted by atomic mass is 32.2. The molecule has 0 saturated heterocycles. The molecule has 0 aliphatic rings. The quantitative estimate of drug-likeness (QED) is 0.317. The maximum absolute atomic E-state index is 13.3. The number of anilines is 1. The van der Waals surface area contributed by atoms with Crippen molar-refractivity contribution in [1.29, 1.82) is 0 Å². The number of nitro benzene ring substituents is 1. The minimum atomic E-state index is -4.12. The average molecular weight is 456 g/mol. The number of rotatable bonds is 8. The van der Waals surface area contributed by atoms with Crippen LogP contribution in [0.5, 0.6) is 0 Å². The predicted molar refractivity (Wildman–Crippen MR) is 116 cm³/mol. The monoisotopic (exact) mass is 456 g/mol. The van der Waals surface area contributed by atoms with Gasteiger partial charge < -0.3 is 0 Å². The lowest BCUT2D eigenvalue weighted by molar-refractivity contribution is -0.384. The number of hydrazone groups is 1. The number of nitrogens with one attached hydrogen (secondary N) is 1. The molecule has 3 aromatic carbocycles. The molecule has 3 aromatic rings. The summed E-state index contributed by atoms with van der Waals surface area (Å²) >= 11 is 0. The predicted octanol–water partition coefficient (Wildman–Crippen LogP) is 3.08. The Bertz CT molecular complexity index is 1230. The fourth-order valence-corrected chi connectivity index (χ4v) is 4.11. The second-order valence-corrected chi connectivity index (χ2v) is 8.31. The molecule has 0 fully saturated rings. The molecule has 1 N–H and O–H groups in total. The van der Waals surface area contributed by atoms with Crippen LogP contribution in [-0.2, 0) is 14.8 Å². The van der Waals surface area contributed by atoms with E-state index >= 15 is 0 Å². The second-order valence-electron chi connectivity index (χ2n) is 6.44. The number of non-ortho nitro benzene ring substituents is 1. The SMILES string of the molecule is O=C(CN(c1ccc(F)cc1)S(=O)(=O)c1ccccc1)N/N=C\c1ccc([N+](=O)[O-])cc1. The lowest BCUT2D eigenvalue weighted by atomic mass is 10.2. The maximum atomic E-state index is 13.3. The van der Waals surface area contributed by atoms with Crippen LogP contribution in [0.15, 0.2) is 88.9 Å². The fraction of sp³-hybridized carbons (Fsp3) is 0.0476. The van der Waals surface area contributed by atoms with Gasteiger partial charge in [0.05, 0.1) is 21.7 Å². The molecule has 0 aliphatic carbocycles. The first-order valence-electron chi connectivity index (χ1n) is 9.17. The molecular formula is C21H17FN4O5S. The van der Waals surface area contributed by atoms with Crippen molar-refractivity contribution in [3.05, 3.63) is 100 Å². The van der Waals surface area contributed by atoms with Crippen LogP contribution in [0, 0.1) is 15.9 Å². The summed E-state index contributed by atoms with van der Waals surface area (Å²) in [6.45, 7) is -0.611. The van der Waals surface area contributed by atoms with E-state index in [2.05, 4.69) is 10.5 Å². The lowest BCUT2D eigenvalue weighted by Crippen LogP contribution is -2.39. The van der Waals surface area contributed by atoms with Gasteiger partial charge in [-0.25, -0.2) is 18.2 Å². The van der Waals surface area contributed by atoms with Gasteiger partial charge in [0.1, 0.15) is 12.4 Å². The number of sulfonamides is 1. The minimum absolute atomic E-state index is 0.0356. The molecule has 3 rings (SSSR count). The number of hydrogen-bond donors (Lipinski definition) is 1. The number of nitro groups is 1. The third kappa shape index (κ3) is 5.52. The van der Waals surface area contributed by atoms with E-state index in [4.69, 9.17) is 0 Å². The molecule has 0 atom stereocenters. The van der Waals surface area contributed by atoms with Gasteiger partial charge in [-0.05, 0) is 54.1 Å². The van der Waals surface area contributed by atoms with Gasteiger partial charge in [0.2, 0.25) is 0 Å². The summed E-state index contributed by atoms with van der Waals surface area (Å²) in [7, 11) is -4.12. The highest BCUT2D eigenvalue weighted by Crippen LogP contribution is 2.23. The fourth-order valence-electron chi connectivity index (χ4n) is 2.67. The van der Waals surface area contributed by atoms with Gasteiger partial charge in [0.15, 0.2) is 0 Å². The molecule has 0 radical (unpaired) electrons. The second kappa shape index (κ2) is 9.79. The average Bonchev–Trinajstić information content (AvgIpc) is 2.79. The third-order valence-corrected chi connectivity index (χ3v) is 6.03. The molecule has 0 heterocycles. The standard InChI is InChI=1S/C21H17FN4O5S/c22-17-8-12-18(13-9-17)25(32(30,31)20-4-2-1-3-5-20)15-21(27)24-23-14-16-6-10-19(11-7-16)26(28)29/h1-14H,15H2,(H,24,27)/b23-14-. The van der Waals surface area contributed by atoms with Crippen LogP contribution in [-0.4, -0.2) is 32.0 Å². The van der Waals surface area contributed by atoms with Crippen molar-refractivity contribution in [2.24, 2.45) is 5.10 Å². The van der Waals surface area contributed by atoms with E-state index in [-0.39, 0.29) is 16.3 Å². The molecule has 0 bridgehead atoms. The Morgan fingerprint density at radius 1 is 1.03 bits per heavy atom. The van der Waals surface area contributed by atoms with Gasteiger partial charge in [-0.3, -0.25) is 19.2 Å². The summed E-state index contributed by atoms with van der Waals surface area (Å²) in [5.41, 5.74) is 2.72. The molecule has 0 aromatic heterocycles. The molecule has 164 valence electrons. The van der Waals surface area contributed by atoms with Crippen LogP contribution in [0.1, 0.15) is 5.56 Å². The summed E-state index contributed by atoms with van der Waals surface area (Å²) in [5, 5.41) is 14.4. The van der Waals surface area contributed by atoms with Crippen molar-refractivity contribution < 1.29 is 22.5 Å². The molecule has 0 aliphatic heterocycles. The Morgan fingerprint density at radius 3 is 2.25 bits per heavy atom. The number of carbonyl (C=O) groups is 1. The summed E-state index contributed by atoms with van der Waals surface area (Å²) in [6, 6.07) is 17.7. The minimum Gasteiger partial charge on any atom is -0.271 e. The van der Waals surface area contributed by atoms with Crippen molar-refractivity contribution in [1.82, 2.24) is 5.43 Å². The largest absolute Gasteiger partial charge is 0.271 e. The van der Waals surface area contributed by atoms with E-state index in [1.54, 1.807) is 18.2 Å². The maximum Gasteiger partial charge on any atom is 0.269 e. The van der Waals surface area contributed by atoms with Crippen molar-refractivity contribution in [2.45, 2.75) is 4.90 Å². The first-order valence-corrected chi connectivity index (χ1v) is 10.6. The van der Waals surface area contributed by atoms with Crippen LogP contribution in [0.3, 0.4) is 0 Å². The zero-order valence-corrected chi connectivity index (χ0v) is 17.3. The van der Waals surface area contributed by atoms with Crippen molar-refractivity contribution in [2.75, 3.05) is 10.8 Å². The van der Waals surface area contributed by atoms with E-state index in [9.17, 15) is 27.7 Å². The van der Waals surface area contributed by atoms with Crippen LogP contribution >= 0.6 is 0 Å². The number of amides is 1. The van der Waals surface area contributed by atoms with Crippen LogP contribution in [0.2, 0.25) is 0 Å². The van der Waals surface area contributed by atoms with E-state index in [0.29, 0.717) is 5.56 Å². The highest BCUT2D eigenvalue weighted by Gasteiger charge is 2.27. The Hall–Kier alpha value is -4.12. The van der Waals surface area contributed by atoms with Gasteiger partial charge >= 0.3 is 0 Å².